The zero-order chi connectivity index (χ0) is 11.9. The molecule has 2 rings (SSSR count). The predicted octanol–water partition coefficient (Wildman–Crippen LogP) is 2.47. The van der Waals surface area contributed by atoms with Gasteiger partial charge in [0.1, 0.15) is 0 Å². The summed E-state index contributed by atoms with van der Waals surface area (Å²) >= 11 is 5.92. The van der Waals surface area contributed by atoms with Crippen LogP contribution in [0.5, 0.6) is 0 Å². The molecule has 0 saturated carbocycles. The van der Waals surface area contributed by atoms with E-state index in [-0.39, 0.29) is 0 Å². The Morgan fingerprint density at radius 2 is 2.12 bits per heavy atom. The number of nitrogens with one attached hydrogen (secondary N) is 1. The first-order valence-corrected chi connectivity index (χ1v) is 6.52. The van der Waals surface area contributed by atoms with Crippen LogP contribution >= 0.6 is 11.6 Å². The molecule has 1 fully saturated rings. The molecule has 0 aliphatic carbocycles. The van der Waals surface area contributed by atoms with E-state index in [2.05, 4.69) is 10.2 Å². The predicted molar refractivity (Wildman–Crippen MR) is 71.8 cm³/mol. The molecule has 1 aromatic rings. The minimum Gasteiger partial charge on any atom is -0.385 e. The molecular weight excluding hydrogens is 236 g/mol. The molecule has 0 bridgehead atoms. The number of hydrogen-bond acceptors (Lipinski definition) is 3. The van der Waals surface area contributed by atoms with Gasteiger partial charge in [0.05, 0.1) is 13.2 Å². The molecule has 1 aliphatic rings. The van der Waals surface area contributed by atoms with Crippen LogP contribution in [0.3, 0.4) is 0 Å². The number of hydrogen-bond donors (Lipinski definition) is 1. The number of nitrogens with zero attached hydrogens (tertiary/aromatic N) is 1. The highest BCUT2D eigenvalue weighted by molar-refractivity contribution is 6.30. The highest BCUT2D eigenvalue weighted by Gasteiger charge is 2.08. The molecule has 1 N–H and O–H groups in total. The smallest absolute Gasteiger partial charge is 0.0594 e. The Morgan fingerprint density at radius 1 is 1.29 bits per heavy atom. The van der Waals surface area contributed by atoms with Crippen molar-refractivity contribution in [2.75, 3.05) is 44.7 Å². The van der Waals surface area contributed by atoms with Crippen molar-refractivity contribution in [3.8, 4) is 0 Å². The van der Waals surface area contributed by atoms with Crippen molar-refractivity contribution < 1.29 is 4.74 Å². The van der Waals surface area contributed by atoms with Gasteiger partial charge in [-0.1, -0.05) is 17.7 Å². The van der Waals surface area contributed by atoms with Crippen LogP contribution in [-0.2, 0) is 4.74 Å². The van der Waals surface area contributed by atoms with Crippen LogP contribution < -0.4 is 5.32 Å². The van der Waals surface area contributed by atoms with Gasteiger partial charge in [-0.15, -0.1) is 0 Å². The van der Waals surface area contributed by atoms with Gasteiger partial charge in [-0.3, -0.25) is 4.90 Å². The quantitative estimate of drug-likeness (QED) is 0.817. The maximum absolute atomic E-state index is 5.92. The van der Waals surface area contributed by atoms with E-state index in [4.69, 9.17) is 16.3 Å². The zero-order valence-corrected chi connectivity index (χ0v) is 10.7. The lowest BCUT2D eigenvalue weighted by Gasteiger charge is -2.26. The van der Waals surface area contributed by atoms with Gasteiger partial charge in [0.15, 0.2) is 0 Å². The molecule has 3 nitrogen and oxygen atoms in total. The van der Waals surface area contributed by atoms with Crippen molar-refractivity contribution >= 4 is 17.3 Å². The van der Waals surface area contributed by atoms with E-state index in [9.17, 15) is 0 Å². The Labute approximate surface area is 108 Å². The summed E-state index contributed by atoms with van der Waals surface area (Å²) in [7, 11) is 0. The molecule has 1 heterocycles. The van der Waals surface area contributed by atoms with Crippen molar-refractivity contribution in [1.29, 1.82) is 0 Å². The van der Waals surface area contributed by atoms with Crippen LogP contribution in [0.25, 0.3) is 0 Å². The normalized spacial score (nSPS) is 17.0. The SMILES string of the molecule is Clc1cccc(NCCCN2CCOCC2)c1. The third-order valence-electron chi connectivity index (χ3n) is 2.91. The van der Waals surface area contributed by atoms with E-state index in [1.807, 2.05) is 24.3 Å². The number of halogens is 1. The number of anilines is 1. The van der Waals surface area contributed by atoms with E-state index in [1.54, 1.807) is 0 Å². The molecule has 17 heavy (non-hydrogen) atoms. The molecule has 0 aromatic heterocycles. The summed E-state index contributed by atoms with van der Waals surface area (Å²) in [5.74, 6) is 0. The summed E-state index contributed by atoms with van der Waals surface area (Å²) < 4.78 is 5.32. The Kier molecular flexibility index (Phi) is 5.10. The van der Waals surface area contributed by atoms with Gasteiger partial charge in [-0.05, 0) is 31.2 Å². The van der Waals surface area contributed by atoms with Crippen molar-refractivity contribution in [2.24, 2.45) is 0 Å². The van der Waals surface area contributed by atoms with Crippen LogP contribution in [0, 0.1) is 0 Å². The Bertz CT molecular complexity index is 340. The second kappa shape index (κ2) is 6.84. The van der Waals surface area contributed by atoms with Gasteiger partial charge in [0.2, 0.25) is 0 Å². The lowest BCUT2D eigenvalue weighted by atomic mass is 10.3. The van der Waals surface area contributed by atoms with E-state index in [0.29, 0.717) is 0 Å². The van der Waals surface area contributed by atoms with Crippen LogP contribution in [0.1, 0.15) is 6.42 Å². The lowest BCUT2D eigenvalue weighted by molar-refractivity contribution is 0.0378. The summed E-state index contributed by atoms with van der Waals surface area (Å²) in [5.41, 5.74) is 1.10. The average Bonchev–Trinajstić information content (AvgIpc) is 2.36. The fraction of sp³-hybridized carbons (Fsp3) is 0.538. The minimum atomic E-state index is 0.781. The lowest BCUT2D eigenvalue weighted by Crippen LogP contribution is -2.37. The topological polar surface area (TPSA) is 24.5 Å². The molecular formula is C13H19ClN2O. The fourth-order valence-corrected chi connectivity index (χ4v) is 2.15. The second-order valence-corrected chi connectivity index (χ2v) is 4.68. The molecule has 4 heteroatoms. The molecule has 0 radical (unpaired) electrons. The standard InChI is InChI=1S/C13H19ClN2O/c14-12-3-1-4-13(11-12)15-5-2-6-16-7-9-17-10-8-16/h1,3-4,11,15H,2,5-10H2. The molecule has 1 saturated heterocycles. The van der Waals surface area contributed by atoms with E-state index < -0.39 is 0 Å². The largest absolute Gasteiger partial charge is 0.385 e. The summed E-state index contributed by atoms with van der Waals surface area (Å²) in [5, 5.41) is 4.16. The van der Waals surface area contributed by atoms with Gasteiger partial charge < -0.3 is 10.1 Å². The number of benzene rings is 1. The fourth-order valence-electron chi connectivity index (χ4n) is 1.96. The van der Waals surface area contributed by atoms with Gasteiger partial charge >= 0.3 is 0 Å². The van der Waals surface area contributed by atoms with E-state index in [0.717, 1.165) is 56.5 Å². The van der Waals surface area contributed by atoms with Gasteiger partial charge in [0, 0.05) is 30.3 Å². The first kappa shape index (κ1) is 12.7. The van der Waals surface area contributed by atoms with Crippen molar-refractivity contribution in [1.82, 2.24) is 4.90 Å². The van der Waals surface area contributed by atoms with E-state index in [1.165, 1.54) is 0 Å². The monoisotopic (exact) mass is 254 g/mol. The molecule has 0 atom stereocenters. The summed E-state index contributed by atoms with van der Waals surface area (Å²) in [6, 6.07) is 7.85. The number of ether oxygens (including phenoxy) is 1. The van der Waals surface area contributed by atoms with Crippen LogP contribution in [-0.4, -0.2) is 44.3 Å². The Morgan fingerprint density at radius 3 is 2.88 bits per heavy atom. The molecule has 94 valence electrons. The van der Waals surface area contributed by atoms with Crippen LogP contribution in [0.4, 0.5) is 5.69 Å². The summed E-state index contributed by atoms with van der Waals surface area (Å²) in [6.07, 6.45) is 1.15. The zero-order valence-electron chi connectivity index (χ0n) is 9.99. The molecule has 1 aromatic carbocycles. The maximum Gasteiger partial charge on any atom is 0.0594 e. The van der Waals surface area contributed by atoms with Crippen molar-refractivity contribution in [3.05, 3.63) is 29.3 Å². The molecule has 0 unspecified atom stereocenters. The van der Waals surface area contributed by atoms with E-state index >= 15 is 0 Å². The van der Waals surface area contributed by atoms with Gasteiger partial charge in [-0.25, -0.2) is 0 Å². The highest BCUT2D eigenvalue weighted by Crippen LogP contribution is 2.14. The van der Waals surface area contributed by atoms with Crippen LogP contribution in [0.2, 0.25) is 5.02 Å². The van der Waals surface area contributed by atoms with Crippen molar-refractivity contribution in [2.45, 2.75) is 6.42 Å². The maximum atomic E-state index is 5.92. The molecule has 0 spiro atoms. The molecule has 0 amide bonds. The highest BCUT2D eigenvalue weighted by atomic mass is 35.5. The summed E-state index contributed by atoms with van der Waals surface area (Å²) in [4.78, 5) is 2.45. The second-order valence-electron chi connectivity index (χ2n) is 4.24. The third kappa shape index (κ3) is 4.54. The minimum absolute atomic E-state index is 0.781. The first-order chi connectivity index (χ1) is 8.34. The van der Waals surface area contributed by atoms with Gasteiger partial charge in [-0.2, -0.15) is 0 Å². The Hall–Kier alpha value is -0.770. The third-order valence-corrected chi connectivity index (χ3v) is 3.14. The Balaban J connectivity index is 1.62. The number of morpholine rings is 1. The molecule has 1 aliphatic heterocycles. The van der Waals surface area contributed by atoms with Gasteiger partial charge in [0.25, 0.3) is 0 Å². The average molecular weight is 255 g/mol. The first-order valence-electron chi connectivity index (χ1n) is 6.14. The van der Waals surface area contributed by atoms with Crippen LogP contribution in [0.15, 0.2) is 24.3 Å². The van der Waals surface area contributed by atoms with Crippen molar-refractivity contribution in [3.63, 3.8) is 0 Å². The summed E-state index contributed by atoms with van der Waals surface area (Å²) in [6.45, 7) is 6.01. The number of rotatable bonds is 5.